The van der Waals surface area contributed by atoms with Crippen LogP contribution in [0.5, 0.6) is 0 Å². The number of hydrogen-bond donors (Lipinski definition) is 0. The Labute approximate surface area is 110 Å². The Balaban J connectivity index is 2.00. The molecule has 0 fully saturated rings. The number of hydrogen-bond acceptors (Lipinski definition) is 4. The third-order valence-corrected chi connectivity index (χ3v) is 3.34. The van der Waals surface area contributed by atoms with Gasteiger partial charge in [0.2, 0.25) is 0 Å². The first kappa shape index (κ1) is 12.5. The van der Waals surface area contributed by atoms with Crippen LogP contribution >= 0.6 is 22.9 Å². The molecule has 2 aromatic heterocycles. The highest BCUT2D eigenvalue weighted by Gasteiger charge is 2.06. The van der Waals surface area contributed by atoms with Crippen LogP contribution in [0.15, 0.2) is 23.6 Å². The second-order valence-electron chi connectivity index (χ2n) is 4.00. The van der Waals surface area contributed by atoms with Crippen molar-refractivity contribution in [3.8, 4) is 0 Å². The summed E-state index contributed by atoms with van der Waals surface area (Å²) in [4.78, 5) is 12.1. The molecule has 2 rings (SSSR count). The SMILES string of the molecule is Cc1cc(Cl)nc(CN(C)Cc2cccs2)n1. The van der Waals surface area contributed by atoms with Crippen molar-refractivity contribution < 1.29 is 0 Å². The molecule has 90 valence electrons. The Hall–Kier alpha value is -0.970. The normalized spacial score (nSPS) is 11.1. The van der Waals surface area contributed by atoms with E-state index in [1.165, 1.54) is 4.88 Å². The molecule has 5 heteroatoms. The van der Waals surface area contributed by atoms with Crippen molar-refractivity contribution in [2.75, 3.05) is 7.05 Å². The molecule has 0 unspecified atom stereocenters. The fraction of sp³-hybridized carbons (Fsp3) is 0.333. The zero-order valence-electron chi connectivity index (χ0n) is 9.85. The van der Waals surface area contributed by atoms with Gasteiger partial charge in [0.15, 0.2) is 0 Å². The summed E-state index contributed by atoms with van der Waals surface area (Å²) in [7, 11) is 2.05. The van der Waals surface area contributed by atoms with Crippen LogP contribution in [0.4, 0.5) is 0 Å². The number of nitrogens with zero attached hydrogens (tertiary/aromatic N) is 3. The topological polar surface area (TPSA) is 29.0 Å². The van der Waals surface area contributed by atoms with Crippen molar-refractivity contribution in [2.24, 2.45) is 0 Å². The highest BCUT2D eigenvalue weighted by atomic mass is 35.5. The summed E-state index contributed by atoms with van der Waals surface area (Å²) in [6.45, 7) is 3.54. The van der Waals surface area contributed by atoms with Crippen molar-refractivity contribution in [3.63, 3.8) is 0 Å². The van der Waals surface area contributed by atoms with Crippen molar-refractivity contribution in [2.45, 2.75) is 20.0 Å². The maximum absolute atomic E-state index is 5.91. The smallest absolute Gasteiger partial charge is 0.144 e. The molecule has 0 N–H and O–H groups in total. The summed E-state index contributed by atoms with van der Waals surface area (Å²) >= 11 is 7.67. The minimum absolute atomic E-state index is 0.511. The molecule has 0 radical (unpaired) electrons. The molecular weight excluding hydrogens is 254 g/mol. The molecule has 0 aliphatic rings. The van der Waals surface area contributed by atoms with Crippen LogP contribution < -0.4 is 0 Å². The largest absolute Gasteiger partial charge is 0.294 e. The Kier molecular flexibility index (Phi) is 4.10. The van der Waals surface area contributed by atoms with E-state index in [2.05, 4.69) is 39.4 Å². The van der Waals surface area contributed by atoms with E-state index in [9.17, 15) is 0 Å². The highest BCUT2D eigenvalue weighted by Crippen LogP contribution is 2.13. The van der Waals surface area contributed by atoms with E-state index in [4.69, 9.17) is 11.6 Å². The first-order valence-electron chi connectivity index (χ1n) is 5.34. The number of halogens is 1. The van der Waals surface area contributed by atoms with E-state index < -0.39 is 0 Å². The van der Waals surface area contributed by atoms with Gasteiger partial charge in [0.1, 0.15) is 11.0 Å². The first-order valence-corrected chi connectivity index (χ1v) is 6.60. The minimum Gasteiger partial charge on any atom is -0.294 e. The summed E-state index contributed by atoms with van der Waals surface area (Å²) in [5, 5.41) is 2.60. The van der Waals surface area contributed by atoms with Crippen molar-refractivity contribution in [1.82, 2.24) is 14.9 Å². The molecule has 0 amide bonds. The summed E-state index contributed by atoms with van der Waals surface area (Å²) in [6.07, 6.45) is 0. The molecule has 0 saturated heterocycles. The number of aryl methyl sites for hydroxylation is 1. The van der Waals surface area contributed by atoms with Gasteiger partial charge in [-0.25, -0.2) is 9.97 Å². The van der Waals surface area contributed by atoms with Crippen LogP contribution in [0.1, 0.15) is 16.4 Å². The lowest BCUT2D eigenvalue weighted by atomic mass is 10.4. The summed E-state index contributed by atoms with van der Waals surface area (Å²) in [5.74, 6) is 0.772. The lowest BCUT2D eigenvalue weighted by Crippen LogP contribution is -2.18. The van der Waals surface area contributed by atoms with Gasteiger partial charge in [-0.15, -0.1) is 11.3 Å². The van der Waals surface area contributed by atoms with Crippen LogP contribution in [0.2, 0.25) is 5.15 Å². The fourth-order valence-corrected chi connectivity index (χ4v) is 2.66. The maximum atomic E-state index is 5.91. The van der Waals surface area contributed by atoms with Gasteiger partial charge in [0.25, 0.3) is 0 Å². The zero-order chi connectivity index (χ0) is 12.3. The average Bonchev–Trinajstić information content (AvgIpc) is 2.67. The van der Waals surface area contributed by atoms with Gasteiger partial charge < -0.3 is 0 Å². The molecule has 0 bridgehead atoms. The maximum Gasteiger partial charge on any atom is 0.144 e. The molecule has 2 heterocycles. The molecule has 0 spiro atoms. The first-order chi connectivity index (χ1) is 8.13. The molecule has 0 aliphatic heterocycles. The van der Waals surface area contributed by atoms with Gasteiger partial charge in [0.05, 0.1) is 6.54 Å². The van der Waals surface area contributed by atoms with Crippen molar-refractivity contribution in [3.05, 3.63) is 45.1 Å². The molecule has 17 heavy (non-hydrogen) atoms. The van der Waals surface area contributed by atoms with Crippen molar-refractivity contribution >= 4 is 22.9 Å². The van der Waals surface area contributed by atoms with E-state index in [0.29, 0.717) is 11.7 Å². The van der Waals surface area contributed by atoms with Crippen LogP contribution in [0.3, 0.4) is 0 Å². The Morgan fingerprint density at radius 2 is 2.18 bits per heavy atom. The molecule has 0 atom stereocenters. The van der Waals surface area contributed by atoms with Crippen molar-refractivity contribution in [1.29, 1.82) is 0 Å². The molecule has 2 aromatic rings. The molecule has 0 aliphatic carbocycles. The Bertz CT molecular complexity index is 464. The summed E-state index contributed by atoms with van der Waals surface area (Å²) in [5.41, 5.74) is 0.907. The highest BCUT2D eigenvalue weighted by molar-refractivity contribution is 7.09. The number of rotatable bonds is 4. The third-order valence-electron chi connectivity index (χ3n) is 2.29. The lowest BCUT2D eigenvalue weighted by Gasteiger charge is -2.14. The quantitative estimate of drug-likeness (QED) is 0.797. The van der Waals surface area contributed by atoms with E-state index >= 15 is 0 Å². The fourth-order valence-electron chi connectivity index (χ4n) is 1.63. The van der Waals surface area contributed by atoms with Crippen LogP contribution in [-0.2, 0) is 13.1 Å². The van der Waals surface area contributed by atoms with Gasteiger partial charge in [-0.05, 0) is 31.5 Å². The van der Waals surface area contributed by atoms with Crippen LogP contribution in [0.25, 0.3) is 0 Å². The lowest BCUT2D eigenvalue weighted by molar-refractivity contribution is 0.313. The minimum atomic E-state index is 0.511. The predicted octanol–water partition coefficient (Wildman–Crippen LogP) is 3.13. The van der Waals surface area contributed by atoms with E-state index in [0.717, 1.165) is 18.1 Å². The van der Waals surface area contributed by atoms with Gasteiger partial charge in [-0.3, -0.25) is 4.90 Å². The number of thiophene rings is 1. The molecule has 3 nitrogen and oxygen atoms in total. The second-order valence-corrected chi connectivity index (χ2v) is 5.42. The van der Waals surface area contributed by atoms with E-state index in [1.807, 2.05) is 6.92 Å². The van der Waals surface area contributed by atoms with Crippen LogP contribution in [-0.4, -0.2) is 21.9 Å². The summed E-state index contributed by atoms with van der Waals surface area (Å²) in [6, 6.07) is 5.96. The zero-order valence-corrected chi connectivity index (χ0v) is 11.4. The summed E-state index contributed by atoms with van der Waals surface area (Å²) < 4.78 is 0. The Morgan fingerprint density at radius 3 is 2.82 bits per heavy atom. The molecule has 0 aromatic carbocycles. The molecular formula is C12H14ClN3S. The standard InChI is InChI=1S/C12H14ClN3S/c1-9-6-11(13)15-12(14-9)8-16(2)7-10-4-3-5-17-10/h3-6H,7-8H2,1-2H3. The predicted molar refractivity (Wildman–Crippen MR) is 71.3 cm³/mol. The Morgan fingerprint density at radius 1 is 1.35 bits per heavy atom. The van der Waals surface area contributed by atoms with E-state index in [-0.39, 0.29) is 0 Å². The van der Waals surface area contributed by atoms with Gasteiger partial charge >= 0.3 is 0 Å². The monoisotopic (exact) mass is 267 g/mol. The van der Waals surface area contributed by atoms with Gasteiger partial charge in [-0.1, -0.05) is 17.7 Å². The van der Waals surface area contributed by atoms with Crippen LogP contribution in [0, 0.1) is 6.92 Å². The van der Waals surface area contributed by atoms with E-state index in [1.54, 1.807) is 17.4 Å². The number of aromatic nitrogens is 2. The third kappa shape index (κ3) is 3.77. The van der Waals surface area contributed by atoms with Gasteiger partial charge in [0, 0.05) is 17.1 Å². The average molecular weight is 268 g/mol. The second kappa shape index (κ2) is 5.58. The molecule has 0 saturated carbocycles. The van der Waals surface area contributed by atoms with Gasteiger partial charge in [-0.2, -0.15) is 0 Å².